The number of pyridine rings is 1. The van der Waals surface area contributed by atoms with Crippen LogP contribution < -0.4 is 5.32 Å². The Kier molecular flexibility index (Phi) is 4.32. The number of halogens is 1. The highest BCUT2D eigenvalue weighted by Gasteiger charge is 2.25. The van der Waals surface area contributed by atoms with E-state index in [9.17, 15) is 13.2 Å². The minimum atomic E-state index is -3.92. The second-order valence-electron chi connectivity index (χ2n) is 6.33. The maximum absolute atomic E-state index is 13.4. The Morgan fingerprint density at radius 1 is 1.26 bits per heavy atom. The molecular formula is C18H16ClN3O4S. The van der Waals surface area contributed by atoms with Gasteiger partial charge in [0.05, 0.1) is 22.3 Å². The van der Waals surface area contributed by atoms with Crippen molar-refractivity contribution in [2.24, 2.45) is 0 Å². The third kappa shape index (κ3) is 3.15. The van der Waals surface area contributed by atoms with E-state index in [1.807, 2.05) is 0 Å². The number of hydrogen-bond donors (Lipinski definition) is 2. The Labute approximate surface area is 160 Å². The molecule has 0 fully saturated rings. The number of aromatic nitrogens is 2. The molecular weight excluding hydrogens is 390 g/mol. The van der Waals surface area contributed by atoms with Crippen molar-refractivity contribution in [2.45, 2.75) is 24.2 Å². The van der Waals surface area contributed by atoms with Gasteiger partial charge in [-0.25, -0.2) is 17.4 Å². The van der Waals surface area contributed by atoms with Crippen LogP contribution in [0.25, 0.3) is 11.0 Å². The lowest BCUT2D eigenvalue weighted by Gasteiger charge is -2.12. The summed E-state index contributed by atoms with van der Waals surface area (Å²) in [7, 11) is -3.92. The summed E-state index contributed by atoms with van der Waals surface area (Å²) >= 11 is 5.93. The predicted molar refractivity (Wildman–Crippen MR) is 102 cm³/mol. The first-order valence-corrected chi connectivity index (χ1v) is 10.2. The fourth-order valence-corrected chi connectivity index (χ4v) is 5.09. The molecule has 9 heteroatoms. The van der Waals surface area contributed by atoms with Gasteiger partial charge in [-0.3, -0.25) is 4.79 Å². The third-order valence-electron chi connectivity index (χ3n) is 4.57. The smallest absolute Gasteiger partial charge is 0.303 e. The summed E-state index contributed by atoms with van der Waals surface area (Å²) < 4.78 is 28.0. The number of benzene rings is 1. The Hall–Kier alpha value is -2.58. The maximum atomic E-state index is 13.4. The summed E-state index contributed by atoms with van der Waals surface area (Å²) in [5.74, 6) is -1.00. The molecule has 0 saturated carbocycles. The van der Waals surface area contributed by atoms with Gasteiger partial charge in [-0.2, -0.15) is 0 Å². The molecule has 2 aromatic heterocycles. The van der Waals surface area contributed by atoms with Gasteiger partial charge < -0.3 is 10.4 Å². The number of carboxylic acid groups (broad SMARTS) is 1. The van der Waals surface area contributed by atoms with Gasteiger partial charge in [-0.1, -0.05) is 11.6 Å². The topological polar surface area (TPSA) is 101 Å². The van der Waals surface area contributed by atoms with E-state index in [1.165, 1.54) is 10.0 Å². The Balaban J connectivity index is 1.90. The van der Waals surface area contributed by atoms with Gasteiger partial charge >= 0.3 is 5.97 Å². The summed E-state index contributed by atoms with van der Waals surface area (Å²) in [5.41, 5.74) is 3.03. The van der Waals surface area contributed by atoms with Crippen molar-refractivity contribution < 1.29 is 18.3 Å². The normalized spacial score (nSPS) is 13.5. The van der Waals surface area contributed by atoms with Crippen LogP contribution in [0.3, 0.4) is 0 Å². The highest BCUT2D eigenvalue weighted by molar-refractivity contribution is 7.90. The van der Waals surface area contributed by atoms with E-state index in [1.54, 1.807) is 30.3 Å². The van der Waals surface area contributed by atoms with Crippen LogP contribution in [0.4, 0.5) is 5.69 Å². The van der Waals surface area contributed by atoms with Gasteiger partial charge in [0.1, 0.15) is 5.15 Å². The number of anilines is 1. The number of nitrogens with one attached hydrogen (secondary N) is 1. The van der Waals surface area contributed by atoms with Crippen LogP contribution in [0, 0.1) is 0 Å². The molecule has 0 aliphatic carbocycles. The molecule has 0 amide bonds. The van der Waals surface area contributed by atoms with Crippen molar-refractivity contribution in [3.63, 3.8) is 0 Å². The maximum Gasteiger partial charge on any atom is 0.303 e. The summed E-state index contributed by atoms with van der Waals surface area (Å²) in [4.78, 5) is 15.3. The number of nitrogens with zero attached hydrogens (tertiary/aromatic N) is 2. The van der Waals surface area contributed by atoms with E-state index in [0.29, 0.717) is 16.7 Å². The van der Waals surface area contributed by atoms with Crippen molar-refractivity contribution in [2.75, 3.05) is 11.9 Å². The standard InChI is InChI=1S/C18H16ClN3O4S/c19-17-5-4-16-15(21-17)10-12(1-6-18(23)24)22(16)27(25,26)13-2-3-14-11(9-13)7-8-20-14/h2-5,9-10,20H,1,6-8H2,(H,23,24). The lowest BCUT2D eigenvalue weighted by molar-refractivity contribution is -0.136. The molecule has 1 aromatic carbocycles. The molecule has 0 atom stereocenters. The lowest BCUT2D eigenvalue weighted by atomic mass is 10.2. The van der Waals surface area contributed by atoms with Gasteiger partial charge in [0.25, 0.3) is 10.0 Å². The van der Waals surface area contributed by atoms with Gasteiger partial charge in [0.2, 0.25) is 0 Å². The first-order chi connectivity index (χ1) is 12.9. The van der Waals surface area contributed by atoms with Gasteiger partial charge in [0, 0.05) is 17.9 Å². The van der Waals surface area contributed by atoms with Gasteiger partial charge in [-0.05, 0) is 54.8 Å². The van der Waals surface area contributed by atoms with E-state index >= 15 is 0 Å². The Bertz CT molecular complexity index is 1170. The minimum Gasteiger partial charge on any atom is -0.481 e. The van der Waals surface area contributed by atoms with Gasteiger partial charge in [0.15, 0.2) is 0 Å². The van der Waals surface area contributed by atoms with Crippen LogP contribution in [-0.4, -0.2) is 35.0 Å². The lowest BCUT2D eigenvalue weighted by Crippen LogP contribution is -2.16. The number of carboxylic acids is 1. The predicted octanol–water partition coefficient (Wildman–Crippen LogP) is 2.91. The molecule has 27 heavy (non-hydrogen) atoms. The monoisotopic (exact) mass is 405 g/mol. The molecule has 0 saturated heterocycles. The molecule has 0 unspecified atom stereocenters. The highest BCUT2D eigenvalue weighted by atomic mass is 35.5. The van der Waals surface area contributed by atoms with E-state index in [2.05, 4.69) is 10.3 Å². The number of rotatable bonds is 5. The zero-order valence-electron chi connectivity index (χ0n) is 14.1. The molecule has 140 valence electrons. The molecule has 2 N–H and O–H groups in total. The number of carbonyl (C=O) groups is 1. The van der Waals surface area contributed by atoms with Crippen molar-refractivity contribution in [3.05, 3.63) is 52.8 Å². The molecule has 0 radical (unpaired) electrons. The SMILES string of the molecule is O=C(O)CCc1cc2nc(Cl)ccc2n1S(=O)(=O)c1ccc2c(c1)CCN2. The minimum absolute atomic E-state index is 0.0645. The quantitative estimate of drug-likeness (QED) is 0.633. The van der Waals surface area contributed by atoms with E-state index in [0.717, 1.165) is 24.2 Å². The first-order valence-electron chi connectivity index (χ1n) is 8.37. The van der Waals surface area contributed by atoms with Crippen molar-refractivity contribution in [1.82, 2.24) is 8.96 Å². The highest BCUT2D eigenvalue weighted by Crippen LogP contribution is 2.30. The second-order valence-corrected chi connectivity index (χ2v) is 8.51. The molecule has 1 aliphatic heterocycles. The fraction of sp³-hybridized carbons (Fsp3) is 0.222. The Morgan fingerprint density at radius 2 is 2.07 bits per heavy atom. The average molecular weight is 406 g/mol. The van der Waals surface area contributed by atoms with E-state index in [4.69, 9.17) is 16.7 Å². The second kappa shape index (κ2) is 6.54. The molecule has 4 rings (SSSR count). The zero-order valence-corrected chi connectivity index (χ0v) is 15.7. The molecule has 7 nitrogen and oxygen atoms in total. The number of aryl methyl sites for hydroxylation is 1. The van der Waals surface area contributed by atoms with Crippen LogP contribution >= 0.6 is 11.6 Å². The van der Waals surface area contributed by atoms with Crippen LogP contribution in [-0.2, 0) is 27.7 Å². The average Bonchev–Trinajstić information content (AvgIpc) is 3.22. The largest absolute Gasteiger partial charge is 0.481 e. The molecule has 3 aromatic rings. The van der Waals surface area contributed by atoms with Crippen molar-refractivity contribution in [1.29, 1.82) is 0 Å². The van der Waals surface area contributed by atoms with Crippen LogP contribution in [0.15, 0.2) is 41.3 Å². The number of hydrogen-bond acceptors (Lipinski definition) is 5. The van der Waals surface area contributed by atoms with Crippen molar-refractivity contribution >= 4 is 44.3 Å². The zero-order chi connectivity index (χ0) is 19.2. The summed E-state index contributed by atoms with van der Waals surface area (Å²) in [6, 6.07) is 9.66. The van der Waals surface area contributed by atoms with E-state index < -0.39 is 16.0 Å². The molecule has 3 heterocycles. The molecule has 1 aliphatic rings. The third-order valence-corrected chi connectivity index (χ3v) is 6.54. The summed E-state index contributed by atoms with van der Waals surface area (Å²) in [5, 5.41) is 12.5. The molecule has 0 bridgehead atoms. The van der Waals surface area contributed by atoms with Crippen LogP contribution in [0.1, 0.15) is 17.7 Å². The van der Waals surface area contributed by atoms with Gasteiger partial charge in [-0.15, -0.1) is 0 Å². The summed E-state index contributed by atoms with van der Waals surface area (Å²) in [6.07, 6.45) is 0.636. The van der Waals surface area contributed by atoms with E-state index in [-0.39, 0.29) is 22.9 Å². The number of fused-ring (bicyclic) bond motifs is 2. The van der Waals surface area contributed by atoms with Crippen molar-refractivity contribution in [3.8, 4) is 0 Å². The first kappa shape index (κ1) is 17.8. The fourth-order valence-electron chi connectivity index (χ4n) is 3.33. The molecule has 0 spiro atoms. The number of aliphatic carboxylic acids is 1. The Morgan fingerprint density at radius 3 is 2.85 bits per heavy atom. The summed E-state index contributed by atoms with van der Waals surface area (Å²) in [6.45, 7) is 0.775. The van der Waals surface area contributed by atoms with Crippen LogP contribution in [0.5, 0.6) is 0 Å². The van der Waals surface area contributed by atoms with Crippen LogP contribution in [0.2, 0.25) is 5.15 Å².